The molecular weight excluding hydrogens is 368 g/mol. The number of hydrogen-bond donors (Lipinski definition) is 0. The van der Waals surface area contributed by atoms with Crippen molar-refractivity contribution in [3.8, 4) is 0 Å². The first kappa shape index (κ1) is 20.7. The molecule has 0 spiro atoms. The first-order valence-electron chi connectivity index (χ1n) is 9.97. The molecule has 0 fully saturated rings. The van der Waals surface area contributed by atoms with Crippen molar-refractivity contribution in [1.29, 1.82) is 0 Å². The average molecular weight is 396 g/mol. The van der Waals surface area contributed by atoms with Gasteiger partial charge in [0, 0.05) is 32.1 Å². The number of furan rings is 1. The molecule has 0 aliphatic rings. The summed E-state index contributed by atoms with van der Waals surface area (Å²) in [5, 5.41) is 0. The Bertz CT molecular complexity index is 985. The highest BCUT2D eigenvalue weighted by molar-refractivity contribution is 5.94. The van der Waals surface area contributed by atoms with E-state index in [9.17, 15) is 9.59 Å². The lowest BCUT2D eigenvalue weighted by atomic mass is 10.2. The van der Waals surface area contributed by atoms with Crippen molar-refractivity contribution in [2.75, 3.05) is 13.2 Å². The molecule has 1 aromatic carbocycles. The minimum Gasteiger partial charge on any atom is -0.461 e. The van der Waals surface area contributed by atoms with Crippen LogP contribution in [0.3, 0.4) is 0 Å². The molecule has 3 rings (SSSR count). The van der Waals surface area contributed by atoms with Crippen LogP contribution in [0.2, 0.25) is 0 Å². The van der Waals surface area contributed by atoms with E-state index in [2.05, 4.69) is 13.8 Å². The molecule has 0 saturated carbocycles. The number of hydrogen-bond acceptors (Lipinski definition) is 4. The summed E-state index contributed by atoms with van der Waals surface area (Å²) >= 11 is 0. The van der Waals surface area contributed by atoms with Crippen LogP contribution in [0.1, 0.15) is 49.5 Å². The van der Waals surface area contributed by atoms with Crippen LogP contribution in [0.25, 0.3) is 11.1 Å². The van der Waals surface area contributed by atoms with Gasteiger partial charge < -0.3 is 18.6 Å². The molecule has 154 valence electrons. The third kappa shape index (κ3) is 4.88. The van der Waals surface area contributed by atoms with Crippen LogP contribution in [0.4, 0.5) is 0 Å². The maximum Gasteiger partial charge on any atom is 0.355 e. The summed E-state index contributed by atoms with van der Waals surface area (Å²) in [7, 11) is 0. The molecule has 6 heteroatoms. The Kier molecular flexibility index (Phi) is 6.42. The third-order valence-electron chi connectivity index (χ3n) is 4.69. The number of aromatic nitrogens is 1. The molecule has 0 bridgehead atoms. The standard InChI is InChI=1S/C23H28N2O4/c1-5-28-23(27)21-12-22-20(25(21)14-18-9-7-6-8-10-18)11-19(29-22)15-24(17(4)26)13-16(2)3/h6-12,16H,5,13-15H2,1-4H3. The second kappa shape index (κ2) is 8.99. The SMILES string of the molecule is CCOC(=O)c1cc2oc(CN(CC(C)C)C(C)=O)cc2n1Cc1ccccc1. The molecule has 0 N–H and O–H groups in total. The molecule has 0 aliphatic carbocycles. The van der Waals surface area contributed by atoms with Gasteiger partial charge in [-0.25, -0.2) is 4.79 Å². The van der Waals surface area contributed by atoms with Crippen molar-refractivity contribution < 1.29 is 18.7 Å². The second-order valence-corrected chi connectivity index (χ2v) is 7.58. The Labute approximate surface area is 171 Å². The minimum atomic E-state index is -0.374. The largest absolute Gasteiger partial charge is 0.461 e. The Morgan fingerprint density at radius 1 is 1.17 bits per heavy atom. The highest BCUT2D eigenvalue weighted by Gasteiger charge is 2.21. The quantitative estimate of drug-likeness (QED) is 0.527. The predicted octanol–water partition coefficient (Wildman–Crippen LogP) is 4.46. The molecule has 0 aliphatic heterocycles. The van der Waals surface area contributed by atoms with E-state index in [1.54, 1.807) is 24.8 Å². The lowest BCUT2D eigenvalue weighted by Gasteiger charge is -2.21. The van der Waals surface area contributed by atoms with Gasteiger partial charge in [-0.1, -0.05) is 44.2 Å². The van der Waals surface area contributed by atoms with E-state index < -0.39 is 0 Å². The van der Waals surface area contributed by atoms with Gasteiger partial charge in [-0.3, -0.25) is 4.79 Å². The molecule has 1 amide bonds. The fourth-order valence-electron chi connectivity index (χ4n) is 3.41. The number of nitrogens with zero attached hydrogens (tertiary/aromatic N) is 2. The number of carbonyl (C=O) groups is 2. The molecule has 2 aromatic heterocycles. The molecule has 6 nitrogen and oxygen atoms in total. The van der Waals surface area contributed by atoms with Gasteiger partial charge >= 0.3 is 5.97 Å². The van der Waals surface area contributed by atoms with Crippen molar-refractivity contribution in [3.05, 3.63) is 59.5 Å². The highest BCUT2D eigenvalue weighted by atomic mass is 16.5. The molecule has 3 aromatic rings. The van der Waals surface area contributed by atoms with Gasteiger partial charge in [-0.15, -0.1) is 0 Å². The fourth-order valence-corrected chi connectivity index (χ4v) is 3.41. The molecule has 0 radical (unpaired) electrons. The van der Waals surface area contributed by atoms with Crippen molar-refractivity contribution >= 4 is 23.0 Å². The van der Waals surface area contributed by atoms with Crippen molar-refractivity contribution in [2.24, 2.45) is 5.92 Å². The third-order valence-corrected chi connectivity index (χ3v) is 4.69. The summed E-state index contributed by atoms with van der Waals surface area (Å²) < 4.78 is 13.1. The average Bonchev–Trinajstić information content (AvgIpc) is 3.20. The first-order chi connectivity index (χ1) is 13.9. The summed E-state index contributed by atoms with van der Waals surface area (Å²) in [6.45, 7) is 9.42. The molecular formula is C23H28N2O4. The van der Waals surface area contributed by atoms with Crippen LogP contribution < -0.4 is 0 Å². The van der Waals surface area contributed by atoms with Gasteiger partial charge in [-0.05, 0) is 18.4 Å². The number of amides is 1. The number of esters is 1. The number of carbonyl (C=O) groups excluding carboxylic acids is 2. The second-order valence-electron chi connectivity index (χ2n) is 7.58. The molecule has 0 saturated heterocycles. The van der Waals surface area contributed by atoms with E-state index in [0.717, 1.165) is 11.1 Å². The minimum absolute atomic E-state index is 0.0131. The van der Waals surface area contributed by atoms with Gasteiger partial charge in [0.15, 0.2) is 5.58 Å². The zero-order valence-corrected chi connectivity index (χ0v) is 17.5. The fraction of sp³-hybridized carbons (Fsp3) is 0.391. The monoisotopic (exact) mass is 396 g/mol. The molecule has 0 atom stereocenters. The predicted molar refractivity (Wildman–Crippen MR) is 112 cm³/mol. The van der Waals surface area contributed by atoms with Crippen LogP contribution in [0, 0.1) is 5.92 Å². The zero-order valence-electron chi connectivity index (χ0n) is 17.5. The Morgan fingerprint density at radius 3 is 2.52 bits per heavy atom. The van der Waals surface area contributed by atoms with Crippen LogP contribution in [-0.2, 0) is 22.6 Å². The van der Waals surface area contributed by atoms with E-state index in [-0.39, 0.29) is 11.9 Å². The summed E-state index contributed by atoms with van der Waals surface area (Å²) in [5.74, 6) is 0.703. The van der Waals surface area contributed by atoms with Gasteiger partial charge in [-0.2, -0.15) is 0 Å². The molecule has 29 heavy (non-hydrogen) atoms. The van der Waals surface area contributed by atoms with Crippen LogP contribution in [0.5, 0.6) is 0 Å². The van der Waals surface area contributed by atoms with Crippen molar-refractivity contribution in [3.63, 3.8) is 0 Å². The number of benzene rings is 1. The van der Waals surface area contributed by atoms with Gasteiger partial charge in [0.2, 0.25) is 5.91 Å². The zero-order chi connectivity index (χ0) is 21.0. The van der Waals surface area contributed by atoms with E-state index in [0.29, 0.717) is 49.2 Å². The summed E-state index contributed by atoms with van der Waals surface area (Å²) in [6.07, 6.45) is 0. The highest BCUT2D eigenvalue weighted by Crippen LogP contribution is 2.27. The lowest BCUT2D eigenvalue weighted by Crippen LogP contribution is -2.31. The number of fused-ring (bicyclic) bond motifs is 1. The van der Waals surface area contributed by atoms with E-state index in [1.165, 1.54) is 0 Å². The van der Waals surface area contributed by atoms with Crippen LogP contribution >= 0.6 is 0 Å². The summed E-state index contributed by atoms with van der Waals surface area (Å²) in [4.78, 5) is 26.2. The number of rotatable bonds is 8. The Balaban J connectivity index is 1.97. The maximum absolute atomic E-state index is 12.5. The Morgan fingerprint density at radius 2 is 1.90 bits per heavy atom. The van der Waals surface area contributed by atoms with Gasteiger partial charge in [0.1, 0.15) is 11.5 Å². The van der Waals surface area contributed by atoms with E-state index >= 15 is 0 Å². The van der Waals surface area contributed by atoms with Gasteiger partial charge in [0.05, 0.1) is 18.7 Å². The first-order valence-corrected chi connectivity index (χ1v) is 9.97. The Hall–Kier alpha value is -3.02. The van der Waals surface area contributed by atoms with E-state index in [4.69, 9.17) is 9.15 Å². The lowest BCUT2D eigenvalue weighted by molar-refractivity contribution is -0.130. The van der Waals surface area contributed by atoms with E-state index in [1.807, 2.05) is 41.0 Å². The molecule has 0 unspecified atom stereocenters. The smallest absolute Gasteiger partial charge is 0.355 e. The molecule has 2 heterocycles. The van der Waals surface area contributed by atoms with Crippen molar-refractivity contribution in [2.45, 2.75) is 40.8 Å². The maximum atomic E-state index is 12.5. The normalized spacial score (nSPS) is 11.2. The van der Waals surface area contributed by atoms with Gasteiger partial charge in [0.25, 0.3) is 0 Å². The summed E-state index contributed by atoms with van der Waals surface area (Å²) in [5.41, 5.74) is 2.97. The van der Waals surface area contributed by atoms with Crippen LogP contribution in [0.15, 0.2) is 46.9 Å². The summed E-state index contributed by atoms with van der Waals surface area (Å²) in [6, 6.07) is 13.6. The van der Waals surface area contributed by atoms with Crippen LogP contribution in [-0.4, -0.2) is 34.5 Å². The van der Waals surface area contributed by atoms with Crippen molar-refractivity contribution in [1.82, 2.24) is 9.47 Å². The number of ether oxygens (including phenoxy) is 1. The topological polar surface area (TPSA) is 64.7 Å².